The molecule has 2 heterocycles. The van der Waals surface area contributed by atoms with Crippen molar-refractivity contribution in [2.75, 3.05) is 13.1 Å². The van der Waals surface area contributed by atoms with Gasteiger partial charge in [-0.3, -0.25) is 4.79 Å². The number of nitrogens with zero attached hydrogens (tertiary/aromatic N) is 3. The fourth-order valence-corrected chi connectivity index (χ4v) is 3.70. The number of carbonyl (C=O) groups excluding carboxylic acids is 1. The molecule has 1 aliphatic rings. The number of imidazole rings is 1. The summed E-state index contributed by atoms with van der Waals surface area (Å²) in [5.41, 5.74) is 2.89. The van der Waals surface area contributed by atoms with Crippen LogP contribution in [0.3, 0.4) is 0 Å². The minimum atomic E-state index is 0.0920. The highest BCUT2D eigenvalue weighted by molar-refractivity contribution is 5.95. The quantitative estimate of drug-likeness (QED) is 0.838. The SMILES string of the molecule is CCN(CC)C(=O)c1ccn2c(CC3CCCCC3)cnc2c1. The molecule has 124 valence electrons. The highest BCUT2D eigenvalue weighted by Gasteiger charge is 2.17. The number of carbonyl (C=O) groups is 1. The summed E-state index contributed by atoms with van der Waals surface area (Å²) >= 11 is 0. The third-order valence-corrected chi connectivity index (χ3v) is 5.11. The van der Waals surface area contributed by atoms with Crippen LogP contribution in [0.25, 0.3) is 5.65 Å². The second kappa shape index (κ2) is 7.16. The molecule has 0 N–H and O–H groups in total. The van der Waals surface area contributed by atoms with Gasteiger partial charge in [0, 0.05) is 36.7 Å². The van der Waals surface area contributed by atoms with Gasteiger partial charge in [-0.15, -0.1) is 0 Å². The highest BCUT2D eigenvalue weighted by Crippen LogP contribution is 2.27. The van der Waals surface area contributed by atoms with Crippen molar-refractivity contribution in [1.82, 2.24) is 14.3 Å². The molecule has 23 heavy (non-hydrogen) atoms. The standard InChI is InChI=1S/C19H27N3O/c1-3-21(4-2)19(23)16-10-11-22-17(14-20-18(22)13-16)12-15-8-6-5-7-9-15/h10-11,13-15H,3-9,12H2,1-2H3. The van der Waals surface area contributed by atoms with Crippen LogP contribution in [-0.2, 0) is 6.42 Å². The first kappa shape index (κ1) is 16.0. The predicted octanol–water partition coefficient (Wildman–Crippen LogP) is 3.94. The maximum absolute atomic E-state index is 12.5. The van der Waals surface area contributed by atoms with Crippen LogP contribution in [0.15, 0.2) is 24.5 Å². The van der Waals surface area contributed by atoms with Crippen molar-refractivity contribution in [3.63, 3.8) is 0 Å². The van der Waals surface area contributed by atoms with Gasteiger partial charge < -0.3 is 9.30 Å². The molecule has 0 aromatic carbocycles. The van der Waals surface area contributed by atoms with E-state index in [1.165, 1.54) is 37.8 Å². The fraction of sp³-hybridized carbons (Fsp3) is 0.579. The van der Waals surface area contributed by atoms with Gasteiger partial charge in [0.05, 0.1) is 0 Å². The Kier molecular flexibility index (Phi) is 4.99. The Morgan fingerprint density at radius 1 is 1.26 bits per heavy atom. The van der Waals surface area contributed by atoms with E-state index in [0.29, 0.717) is 0 Å². The van der Waals surface area contributed by atoms with Gasteiger partial charge in [-0.05, 0) is 38.3 Å². The van der Waals surface area contributed by atoms with Crippen molar-refractivity contribution in [3.05, 3.63) is 35.8 Å². The van der Waals surface area contributed by atoms with Crippen LogP contribution >= 0.6 is 0 Å². The zero-order valence-corrected chi connectivity index (χ0v) is 14.3. The number of hydrogen-bond donors (Lipinski definition) is 0. The lowest BCUT2D eigenvalue weighted by molar-refractivity contribution is 0.0773. The van der Waals surface area contributed by atoms with Gasteiger partial charge in [0.1, 0.15) is 5.65 Å². The molecule has 1 saturated carbocycles. The second-order valence-electron chi connectivity index (χ2n) is 6.58. The molecule has 1 aliphatic carbocycles. The average Bonchev–Trinajstić information content (AvgIpc) is 2.99. The molecule has 0 spiro atoms. The summed E-state index contributed by atoms with van der Waals surface area (Å²) in [5.74, 6) is 0.884. The maximum atomic E-state index is 12.5. The highest BCUT2D eigenvalue weighted by atomic mass is 16.2. The van der Waals surface area contributed by atoms with Gasteiger partial charge in [-0.1, -0.05) is 32.1 Å². The van der Waals surface area contributed by atoms with Crippen LogP contribution in [0, 0.1) is 5.92 Å². The van der Waals surface area contributed by atoms with E-state index in [4.69, 9.17) is 0 Å². The van der Waals surface area contributed by atoms with E-state index in [2.05, 4.69) is 9.38 Å². The van der Waals surface area contributed by atoms with E-state index >= 15 is 0 Å². The number of fused-ring (bicyclic) bond motifs is 1. The third-order valence-electron chi connectivity index (χ3n) is 5.11. The van der Waals surface area contributed by atoms with E-state index in [-0.39, 0.29) is 5.91 Å². The van der Waals surface area contributed by atoms with Crippen molar-refractivity contribution < 1.29 is 4.79 Å². The third kappa shape index (κ3) is 3.41. The molecule has 0 atom stereocenters. The molecule has 1 fully saturated rings. The average molecular weight is 313 g/mol. The first-order valence-electron chi connectivity index (χ1n) is 8.98. The molecule has 3 rings (SSSR count). The lowest BCUT2D eigenvalue weighted by Gasteiger charge is -2.21. The second-order valence-corrected chi connectivity index (χ2v) is 6.58. The summed E-state index contributed by atoms with van der Waals surface area (Å²) in [5, 5.41) is 0. The van der Waals surface area contributed by atoms with E-state index in [1.54, 1.807) is 0 Å². The van der Waals surface area contributed by atoms with Crippen molar-refractivity contribution in [1.29, 1.82) is 0 Å². The molecule has 4 heteroatoms. The summed E-state index contributed by atoms with van der Waals surface area (Å²) in [6, 6.07) is 3.85. The first-order chi connectivity index (χ1) is 11.2. The van der Waals surface area contributed by atoms with Crippen LogP contribution < -0.4 is 0 Å². The topological polar surface area (TPSA) is 37.6 Å². The van der Waals surface area contributed by atoms with Crippen molar-refractivity contribution in [2.24, 2.45) is 5.92 Å². The Hall–Kier alpha value is -1.84. The van der Waals surface area contributed by atoms with Crippen molar-refractivity contribution >= 4 is 11.6 Å². The van der Waals surface area contributed by atoms with Gasteiger partial charge in [0.15, 0.2) is 0 Å². The molecular weight excluding hydrogens is 286 g/mol. The molecule has 0 saturated heterocycles. The number of aromatic nitrogens is 2. The van der Waals surface area contributed by atoms with Gasteiger partial charge >= 0.3 is 0 Å². The zero-order valence-electron chi connectivity index (χ0n) is 14.3. The van der Waals surface area contributed by atoms with Crippen LogP contribution in [0.1, 0.15) is 62.0 Å². The van der Waals surface area contributed by atoms with Crippen LogP contribution in [0.2, 0.25) is 0 Å². The molecule has 0 aliphatic heterocycles. The van der Waals surface area contributed by atoms with Gasteiger partial charge in [-0.2, -0.15) is 0 Å². The number of hydrogen-bond acceptors (Lipinski definition) is 2. The monoisotopic (exact) mass is 313 g/mol. The molecular formula is C19H27N3O. The van der Waals surface area contributed by atoms with Gasteiger partial charge in [0.2, 0.25) is 0 Å². The van der Waals surface area contributed by atoms with Gasteiger partial charge in [0.25, 0.3) is 5.91 Å². The fourth-order valence-electron chi connectivity index (χ4n) is 3.70. The van der Waals surface area contributed by atoms with E-state index in [9.17, 15) is 4.79 Å². The maximum Gasteiger partial charge on any atom is 0.254 e. The Morgan fingerprint density at radius 3 is 2.70 bits per heavy atom. The largest absolute Gasteiger partial charge is 0.339 e. The molecule has 1 amide bonds. The molecule has 0 radical (unpaired) electrons. The summed E-state index contributed by atoms with van der Waals surface area (Å²) in [6.07, 6.45) is 11.9. The van der Waals surface area contributed by atoms with Crippen molar-refractivity contribution in [2.45, 2.75) is 52.4 Å². The lowest BCUT2D eigenvalue weighted by atomic mass is 9.86. The predicted molar refractivity (Wildman–Crippen MR) is 92.7 cm³/mol. The van der Waals surface area contributed by atoms with Crippen LogP contribution in [-0.4, -0.2) is 33.3 Å². The summed E-state index contributed by atoms with van der Waals surface area (Å²) in [6.45, 7) is 5.50. The zero-order chi connectivity index (χ0) is 16.2. The summed E-state index contributed by atoms with van der Waals surface area (Å²) in [7, 11) is 0. The van der Waals surface area contributed by atoms with Gasteiger partial charge in [-0.25, -0.2) is 4.98 Å². The number of pyridine rings is 1. The van der Waals surface area contributed by atoms with Crippen LogP contribution in [0.4, 0.5) is 0 Å². The Balaban J connectivity index is 1.80. The summed E-state index contributed by atoms with van der Waals surface area (Å²) < 4.78 is 2.15. The molecule has 0 unspecified atom stereocenters. The van der Waals surface area contributed by atoms with E-state index in [0.717, 1.165) is 36.6 Å². The van der Waals surface area contributed by atoms with E-state index in [1.807, 2.05) is 43.3 Å². The molecule has 2 aromatic rings. The minimum absolute atomic E-state index is 0.0920. The minimum Gasteiger partial charge on any atom is -0.339 e. The molecule has 4 nitrogen and oxygen atoms in total. The Morgan fingerprint density at radius 2 is 2.00 bits per heavy atom. The molecule has 0 bridgehead atoms. The summed E-state index contributed by atoms with van der Waals surface area (Å²) in [4.78, 5) is 18.8. The first-order valence-corrected chi connectivity index (χ1v) is 8.98. The number of amides is 1. The van der Waals surface area contributed by atoms with Crippen molar-refractivity contribution in [3.8, 4) is 0 Å². The molecule has 2 aromatic heterocycles. The lowest BCUT2D eigenvalue weighted by Crippen LogP contribution is -2.30. The van der Waals surface area contributed by atoms with Crippen LogP contribution in [0.5, 0.6) is 0 Å². The smallest absolute Gasteiger partial charge is 0.254 e. The Labute approximate surface area is 138 Å². The normalized spacial score (nSPS) is 15.9. The Bertz CT molecular complexity index is 666. The van der Waals surface area contributed by atoms with E-state index < -0.39 is 0 Å². The number of rotatable bonds is 5.